The average Bonchev–Trinajstić information content (AvgIpc) is 2.03. The number of methoxy groups -OCH3 is 1. The standard InChI is InChI=1S/C8H11ClN2O/c1-6(9)3-7-4-10-5-8(11-7)12-2/h4-6H,3H2,1-2H3. The number of hydrogen-bond donors (Lipinski definition) is 0. The van der Waals surface area contributed by atoms with Crippen molar-refractivity contribution in [1.82, 2.24) is 9.97 Å². The Bertz CT molecular complexity index is 253. The van der Waals surface area contributed by atoms with Crippen LogP contribution in [0, 0.1) is 0 Å². The first-order valence-electron chi connectivity index (χ1n) is 3.71. The van der Waals surface area contributed by atoms with E-state index in [1.165, 1.54) is 0 Å². The summed E-state index contributed by atoms with van der Waals surface area (Å²) in [4.78, 5) is 8.12. The zero-order valence-corrected chi connectivity index (χ0v) is 7.88. The Hall–Kier alpha value is -0.830. The van der Waals surface area contributed by atoms with Crippen LogP contribution in [0.5, 0.6) is 5.88 Å². The van der Waals surface area contributed by atoms with Crippen LogP contribution in [0.4, 0.5) is 0 Å². The Balaban J connectivity index is 2.72. The van der Waals surface area contributed by atoms with E-state index in [1.54, 1.807) is 19.5 Å². The summed E-state index contributed by atoms with van der Waals surface area (Å²) in [7, 11) is 1.57. The molecule has 0 fully saturated rings. The lowest BCUT2D eigenvalue weighted by atomic mass is 10.2. The second-order valence-electron chi connectivity index (χ2n) is 2.54. The average molecular weight is 187 g/mol. The first kappa shape index (κ1) is 9.26. The summed E-state index contributed by atoms with van der Waals surface area (Å²) in [6.07, 6.45) is 3.98. The molecule has 12 heavy (non-hydrogen) atoms. The highest BCUT2D eigenvalue weighted by molar-refractivity contribution is 6.20. The molecule has 66 valence electrons. The van der Waals surface area contributed by atoms with Crippen molar-refractivity contribution in [1.29, 1.82) is 0 Å². The molecule has 1 aromatic rings. The smallest absolute Gasteiger partial charge is 0.232 e. The molecule has 1 rings (SSSR count). The second-order valence-corrected chi connectivity index (χ2v) is 3.28. The Morgan fingerprint density at radius 3 is 2.92 bits per heavy atom. The van der Waals surface area contributed by atoms with E-state index in [0.717, 1.165) is 5.69 Å². The number of ether oxygens (including phenoxy) is 1. The van der Waals surface area contributed by atoms with Gasteiger partial charge in [0.1, 0.15) is 0 Å². The minimum absolute atomic E-state index is 0.0754. The SMILES string of the molecule is COc1cncc(CC(C)Cl)n1. The molecule has 0 N–H and O–H groups in total. The van der Waals surface area contributed by atoms with E-state index in [1.807, 2.05) is 6.92 Å². The van der Waals surface area contributed by atoms with Gasteiger partial charge >= 0.3 is 0 Å². The van der Waals surface area contributed by atoms with Gasteiger partial charge in [-0.25, -0.2) is 4.98 Å². The summed E-state index contributed by atoms with van der Waals surface area (Å²) in [5, 5.41) is 0.0754. The molecule has 0 saturated carbocycles. The lowest BCUT2D eigenvalue weighted by Gasteiger charge is -2.03. The lowest BCUT2D eigenvalue weighted by molar-refractivity contribution is 0.394. The Morgan fingerprint density at radius 2 is 2.33 bits per heavy atom. The Morgan fingerprint density at radius 1 is 1.58 bits per heavy atom. The summed E-state index contributed by atoms with van der Waals surface area (Å²) in [6, 6.07) is 0. The molecule has 0 aliphatic heterocycles. The van der Waals surface area contributed by atoms with Crippen LogP contribution < -0.4 is 4.74 Å². The van der Waals surface area contributed by atoms with Gasteiger partial charge in [0.25, 0.3) is 0 Å². The molecule has 0 bridgehead atoms. The van der Waals surface area contributed by atoms with Crippen molar-refractivity contribution in [2.45, 2.75) is 18.7 Å². The normalized spacial score (nSPS) is 12.6. The summed E-state index contributed by atoms with van der Waals surface area (Å²) in [5.41, 5.74) is 0.858. The molecule has 0 amide bonds. The van der Waals surface area contributed by atoms with Crippen molar-refractivity contribution < 1.29 is 4.74 Å². The summed E-state index contributed by atoms with van der Waals surface area (Å²) in [6.45, 7) is 1.92. The number of halogens is 1. The van der Waals surface area contributed by atoms with Gasteiger partial charge in [0, 0.05) is 18.0 Å². The topological polar surface area (TPSA) is 35.0 Å². The van der Waals surface area contributed by atoms with E-state index in [0.29, 0.717) is 12.3 Å². The fourth-order valence-electron chi connectivity index (χ4n) is 0.871. The van der Waals surface area contributed by atoms with Crippen molar-refractivity contribution in [2.75, 3.05) is 7.11 Å². The molecule has 0 radical (unpaired) electrons. The van der Waals surface area contributed by atoms with Crippen molar-refractivity contribution in [3.05, 3.63) is 18.1 Å². The summed E-state index contributed by atoms with van der Waals surface area (Å²) < 4.78 is 4.92. The van der Waals surface area contributed by atoms with E-state index < -0.39 is 0 Å². The zero-order valence-electron chi connectivity index (χ0n) is 7.12. The molecule has 0 aliphatic rings. The monoisotopic (exact) mass is 186 g/mol. The number of alkyl halides is 1. The third-order valence-electron chi connectivity index (χ3n) is 1.36. The molecule has 0 spiro atoms. The predicted octanol–water partition coefficient (Wildman–Crippen LogP) is 1.65. The molecular formula is C8H11ClN2O. The highest BCUT2D eigenvalue weighted by Crippen LogP contribution is 2.08. The summed E-state index contributed by atoms with van der Waals surface area (Å²) in [5.74, 6) is 0.532. The van der Waals surface area contributed by atoms with Gasteiger partial charge in [-0.15, -0.1) is 11.6 Å². The third-order valence-corrected chi connectivity index (χ3v) is 1.52. The molecule has 1 aromatic heterocycles. The molecule has 0 aromatic carbocycles. The van der Waals surface area contributed by atoms with Crippen LogP contribution in [0.25, 0.3) is 0 Å². The minimum Gasteiger partial charge on any atom is -0.480 e. The first-order chi connectivity index (χ1) is 5.72. The van der Waals surface area contributed by atoms with Crippen LogP contribution in [0.1, 0.15) is 12.6 Å². The molecule has 1 heterocycles. The summed E-state index contributed by atoms with van der Waals surface area (Å²) >= 11 is 5.80. The number of hydrogen-bond acceptors (Lipinski definition) is 3. The molecule has 4 heteroatoms. The van der Waals surface area contributed by atoms with Gasteiger partial charge in [-0.2, -0.15) is 0 Å². The van der Waals surface area contributed by atoms with Crippen molar-refractivity contribution in [2.24, 2.45) is 0 Å². The van der Waals surface area contributed by atoms with Crippen molar-refractivity contribution in [3.63, 3.8) is 0 Å². The zero-order chi connectivity index (χ0) is 8.97. The molecule has 0 aliphatic carbocycles. The molecule has 1 atom stereocenters. The third kappa shape index (κ3) is 2.66. The first-order valence-corrected chi connectivity index (χ1v) is 4.15. The van der Waals surface area contributed by atoms with Gasteiger partial charge in [0.05, 0.1) is 19.0 Å². The van der Waals surface area contributed by atoms with Gasteiger partial charge in [-0.3, -0.25) is 4.98 Å². The van der Waals surface area contributed by atoms with E-state index in [-0.39, 0.29) is 5.38 Å². The molecular weight excluding hydrogens is 176 g/mol. The quantitative estimate of drug-likeness (QED) is 0.674. The van der Waals surface area contributed by atoms with E-state index in [2.05, 4.69) is 9.97 Å². The highest BCUT2D eigenvalue weighted by atomic mass is 35.5. The fraction of sp³-hybridized carbons (Fsp3) is 0.500. The Kier molecular flexibility index (Phi) is 3.29. The largest absolute Gasteiger partial charge is 0.480 e. The Labute approximate surface area is 76.7 Å². The van der Waals surface area contributed by atoms with Gasteiger partial charge in [-0.05, 0) is 6.92 Å². The fourth-order valence-corrected chi connectivity index (χ4v) is 1.03. The number of nitrogens with zero attached hydrogens (tertiary/aromatic N) is 2. The predicted molar refractivity (Wildman–Crippen MR) is 47.6 cm³/mol. The van der Waals surface area contributed by atoms with Gasteiger partial charge in [-0.1, -0.05) is 0 Å². The van der Waals surface area contributed by atoms with Crippen LogP contribution in [0.2, 0.25) is 0 Å². The van der Waals surface area contributed by atoms with Crippen molar-refractivity contribution >= 4 is 11.6 Å². The maximum Gasteiger partial charge on any atom is 0.232 e. The molecule has 0 saturated heterocycles. The maximum atomic E-state index is 5.80. The van der Waals surface area contributed by atoms with Gasteiger partial charge in [0.15, 0.2) is 0 Å². The van der Waals surface area contributed by atoms with E-state index in [9.17, 15) is 0 Å². The lowest BCUT2D eigenvalue weighted by Crippen LogP contribution is -2.01. The van der Waals surface area contributed by atoms with Gasteiger partial charge in [0.2, 0.25) is 5.88 Å². The number of rotatable bonds is 3. The van der Waals surface area contributed by atoms with E-state index in [4.69, 9.17) is 16.3 Å². The minimum atomic E-state index is 0.0754. The van der Waals surface area contributed by atoms with Crippen molar-refractivity contribution in [3.8, 4) is 5.88 Å². The van der Waals surface area contributed by atoms with Crippen LogP contribution in [0.15, 0.2) is 12.4 Å². The van der Waals surface area contributed by atoms with E-state index >= 15 is 0 Å². The number of aromatic nitrogens is 2. The van der Waals surface area contributed by atoms with Crippen LogP contribution in [0.3, 0.4) is 0 Å². The highest BCUT2D eigenvalue weighted by Gasteiger charge is 2.02. The second kappa shape index (κ2) is 4.26. The molecule has 3 nitrogen and oxygen atoms in total. The van der Waals surface area contributed by atoms with Crippen LogP contribution >= 0.6 is 11.6 Å². The van der Waals surface area contributed by atoms with Crippen LogP contribution in [-0.4, -0.2) is 22.5 Å². The van der Waals surface area contributed by atoms with Crippen LogP contribution in [-0.2, 0) is 6.42 Å². The molecule has 1 unspecified atom stereocenters. The van der Waals surface area contributed by atoms with Gasteiger partial charge < -0.3 is 4.74 Å². The maximum absolute atomic E-state index is 5.80.